The predicted octanol–water partition coefficient (Wildman–Crippen LogP) is 10.9. The molecule has 0 bridgehead atoms. The summed E-state index contributed by atoms with van der Waals surface area (Å²) in [4.78, 5) is 30.4. The zero-order valence-corrected chi connectivity index (χ0v) is 26.8. The maximum absolute atomic E-state index is 14.7. The zero-order valence-electron chi connectivity index (χ0n) is 26.8. The third kappa shape index (κ3) is 4.68. The number of rotatable bonds is 5. The normalized spacial score (nSPS) is 12.6. The van der Waals surface area contributed by atoms with Crippen LogP contribution in [-0.2, 0) is 0 Å². The van der Waals surface area contributed by atoms with E-state index in [0.29, 0.717) is 22.5 Å². The van der Waals surface area contributed by atoms with Gasteiger partial charge in [0, 0.05) is 10.8 Å². The van der Waals surface area contributed by atoms with Crippen LogP contribution < -0.4 is 4.90 Å². The van der Waals surface area contributed by atoms with Crippen molar-refractivity contribution < 1.29 is 9.59 Å². The summed E-state index contributed by atoms with van der Waals surface area (Å²) in [7, 11) is 0. The smallest absolute Gasteiger partial charge is 0.268 e. The second kappa shape index (κ2) is 11.3. The number of carbonyl (C=O) groups excluding carboxylic acids is 2. The maximum atomic E-state index is 14.7. The molecule has 1 aromatic heterocycles. The molecule has 7 aromatic carbocycles. The van der Waals surface area contributed by atoms with E-state index in [1.54, 1.807) is 6.07 Å². The van der Waals surface area contributed by atoms with Gasteiger partial charge in [0.15, 0.2) is 0 Å². The summed E-state index contributed by atoms with van der Waals surface area (Å²) in [5, 5.41) is 2.17. The van der Waals surface area contributed by atoms with Gasteiger partial charge in [-0.3, -0.25) is 9.59 Å². The van der Waals surface area contributed by atoms with E-state index < -0.39 is 0 Å². The van der Waals surface area contributed by atoms with Gasteiger partial charge in [-0.05, 0) is 82.8 Å². The zero-order chi connectivity index (χ0) is 33.1. The molecule has 49 heavy (non-hydrogen) atoms. The Labute approximate surface area is 284 Å². The molecule has 0 fully saturated rings. The number of nitrogens with zero attached hydrogens (tertiary/aromatic N) is 2. The van der Waals surface area contributed by atoms with E-state index in [9.17, 15) is 9.59 Å². The summed E-state index contributed by atoms with van der Waals surface area (Å²) < 4.78 is 2.14. The molecule has 0 atom stereocenters. The topological polar surface area (TPSA) is 42.3 Å². The van der Waals surface area contributed by atoms with E-state index in [0.717, 1.165) is 55.2 Å². The lowest BCUT2D eigenvalue weighted by Gasteiger charge is -2.18. The van der Waals surface area contributed by atoms with Gasteiger partial charge in [-0.15, -0.1) is 0 Å². The molecule has 0 saturated heterocycles. The highest BCUT2D eigenvalue weighted by Gasteiger charge is 2.39. The van der Waals surface area contributed by atoms with Crippen molar-refractivity contribution in [3.05, 3.63) is 180 Å². The maximum Gasteiger partial charge on any atom is 0.268 e. The molecular formula is C45H30N2O2. The van der Waals surface area contributed by atoms with Crippen LogP contribution in [0.5, 0.6) is 0 Å². The lowest BCUT2D eigenvalue weighted by Crippen LogP contribution is -2.29. The number of anilines is 1. The molecular weight excluding hydrogens is 601 g/mol. The van der Waals surface area contributed by atoms with E-state index in [4.69, 9.17) is 0 Å². The van der Waals surface area contributed by atoms with E-state index in [2.05, 4.69) is 72.2 Å². The molecule has 2 heterocycles. The minimum Gasteiger partial charge on any atom is -0.308 e. The first-order valence-corrected chi connectivity index (χ1v) is 16.4. The van der Waals surface area contributed by atoms with E-state index in [1.807, 2.05) is 97.1 Å². The van der Waals surface area contributed by atoms with Crippen LogP contribution in [-0.4, -0.2) is 16.4 Å². The van der Waals surface area contributed by atoms with Crippen molar-refractivity contribution in [2.45, 2.75) is 6.92 Å². The second-order valence-corrected chi connectivity index (χ2v) is 12.6. The van der Waals surface area contributed by atoms with Crippen LogP contribution in [0.4, 0.5) is 5.69 Å². The molecule has 0 aliphatic carbocycles. The van der Waals surface area contributed by atoms with Crippen molar-refractivity contribution in [1.82, 2.24) is 4.57 Å². The summed E-state index contributed by atoms with van der Waals surface area (Å²) in [5.41, 5.74) is 11.3. The van der Waals surface area contributed by atoms with Crippen molar-refractivity contribution >= 4 is 39.3 Å². The first-order chi connectivity index (χ1) is 24.0. The summed E-state index contributed by atoms with van der Waals surface area (Å²) >= 11 is 0. The van der Waals surface area contributed by atoms with Gasteiger partial charge in [-0.1, -0.05) is 127 Å². The number of fused-ring (bicyclic) bond motifs is 4. The average molecular weight is 631 g/mol. The van der Waals surface area contributed by atoms with E-state index in [1.165, 1.54) is 10.5 Å². The van der Waals surface area contributed by atoms with Gasteiger partial charge in [-0.2, -0.15) is 0 Å². The number of imide groups is 1. The number of aromatic nitrogens is 1. The number of amides is 2. The largest absolute Gasteiger partial charge is 0.308 e. The first-order valence-electron chi connectivity index (χ1n) is 16.4. The van der Waals surface area contributed by atoms with Crippen LogP contribution in [0, 0.1) is 6.92 Å². The lowest BCUT2D eigenvalue weighted by molar-refractivity contribution is 0.0926. The average Bonchev–Trinajstić information content (AvgIpc) is 3.62. The second-order valence-electron chi connectivity index (χ2n) is 12.6. The van der Waals surface area contributed by atoms with Gasteiger partial charge in [0.05, 0.1) is 33.5 Å². The fourth-order valence-electron chi connectivity index (χ4n) is 7.18. The van der Waals surface area contributed by atoms with Crippen LogP contribution in [0.2, 0.25) is 0 Å². The minimum atomic E-state index is -0.333. The number of para-hydroxylation sites is 1. The third-order valence-electron chi connectivity index (χ3n) is 9.58. The molecule has 9 rings (SSSR count). The molecule has 0 spiro atoms. The molecule has 0 saturated carbocycles. The Hall–Kier alpha value is -6.52. The Morgan fingerprint density at radius 3 is 1.71 bits per heavy atom. The molecule has 0 N–H and O–H groups in total. The Kier molecular flexibility index (Phi) is 6.63. The standard InChI is InChI=1S/C45H30N2O2/c1-29-19-21-32(22-20-29)33-23-24-38-37-15-8-9-17-40(37)47(42(38)28-33)41-18-10-16-39-43(41)45(49)46(44(39)48)36-26-34(30-11-4-2-5-12-30)25-35(27-36)31-13-6-3-7-14-31/h2-28H,1H3. The van der Waals surface area contributed by atoms with Gasteiger partial charge >= 0.3 is 0 Å². The Balaban J connectivity index is 1.23. The van der Waals surface area contributed by atoms with Crippen molar-refractivity contribution in [2.24, 2.45) is 0 Å². The van der Waals surface area contributed by atoms with E-state index in [-0.39, 0.29) is 11.8 Å². The highest BCUT2D eigenvalue weighted by molar-refractivity contribution is 6.36. The van der Waals surface area contributed by atoms with Gasteiger partial charge in [-0.25, -0.2) is 4.90 Å². The molecule has 4 heteroatoms. The number of hydrogen-bond acceptors (Lipinski definition) is 2. The predicted molar refractivity (Wildman–Crippen MR) is 199 cm³/mol. The fourth-order valence-corrected chi connectivity index (χ4v) is 7.18. The summed E-state index contributed by atoms with van der Waals surface area (Å²) in [6.45, 7) is 2.09. The lowest BCUT2D eigenvalue weighted by atomic mass is 9.97. The van der Waals surface area contributed by atoms with Crippen LogP contribution >= 0.6 is 0 Å². The summed E-state index contributed by atoms with van der Waals surface area (Å²) in [5.74, 6) is -0.660. The molecule has 4 nitrogen and oxygen atoms in total. The number of hydrogen-bond donors (Lipinski definition) is 0. The third-order valence-corrected chi connectivity index (χ3v) is 9.58. The number of carbonyl (C=O) groups is 2. The molecule has 1 aliphatic rings. The number of aryl methyl sites for hydroxylation is 1. The quantitative estimate of drug-likeness (QED) is 0.178. The molecule has 2 amide bonds. The molecule has 1 aliphatic heterocycles. The molecule has 0 unspecified atom stereocenters. The van der Waals surface area contributed by atoms with Crippen LogP contribution in [0.15, 0.2) is 164 Å². The van der Waals surface area contributed by atoms with Gasteiger partial charge in [0.1, 0.15) is 0 Å². The summed E-state index contributed by atoms with van der Waals surface area (Å²) in [6, 6.07) is 55.0. The first kappa shape index (κ1) is 28.7. The fraction of sp³-hybridized carbons (Fsp3) is 0.0222. The highest BCUT2D eigenvalue weighted by atomic mass is 16.2. The van der Waals surface area contributed by atoms with Crippen LogP contribution in [0.3, 0.4) is 0 Å². The van der Waals surface area contributed by atoms with Crippen LogP contribution in [0.1, 0.15) is 26.3 Å². The Morgan fingerprint density at radius 2 is 1.02 bits per heavy atom. The van der Waals surface area contributed by atoms with Gasteiger partial charge in [0.25, 0.3) is 11.8 Å². The van der Waals surface area contributed by atoms with Crippen molar-refractivity contribution in [3.63, 3.8) is 0 Å². The van der Waals surface area contributed by atoms with Crippen molar-refractivity contribution in [3.8, 4) is 39.1 Å². The van der Waals surface area contributed by atoms with Crippen molar-refractivity contribution in [2.75, 3.05) is 4.90 Å². The SMILES string of the molecule is Cc1ccc(-c2ccc3c4ccccc4n(-c4cccc5c4C(=O)N(c4cc(-c6ccccc6)cc(-c6ccccc6)c4)C5=O)c3c2)cc1. The Bertz CT molecular complexity index is 2530. The number of benzene rings is 7. The van der Waals surface area contributed by atoms with Crippen LogP contribution in [0.25, 0.3) is 60.9 Å². The van der Waals surface area contributed by atoms with E-state index >= 15 is 0 Å². The van der Waals surface area contributed by atoms with Gasteiger partial charge < -0.3 is 4.57 Å². The molecule has 232 valence electrons. The monoisotopic (exact) mass is 630 g/mol. The molecule has 0 radical (unpaired) electrons. The Morgan fingerprint density at radius 1 is 0.429 bits per heavy atom. The highest BCUT2D eigenvalue weighted by Crippen LogP contribution is 2.40. The summed E-state index contributed by atoms with van der Waals surface area (Å²) in [6.07, 6.45) is 0. The van der Waals surface area contributed by atoms with Gasteiger partial charge in [0.2, 0.25) is 0 Å². The molecule has 8 aromatic rings. The van der Waals surface area contributed by atoms with Crippen molar-refractivity contribution in [1.29, 1.82) is 0 Å². The minimum absolute atomic E-state index is 0.327.